The summed E-state index contributed by atoms with van der Waals surface area (Å²) in [6, 6.07) is 0. The van der Waals surface area contributed by atoms with Gasteiger partial charge < -0.3 is 11.1 Å². The van der Waals surface area contributed by atoms with Crippen molar-refractivity contribution in [1.82, 2.24) is 14.7 Å². The minimum Gasteiger partial charge on any atom is -0.383 e. The molecule has 0 unspecified atom stereocenters. The molecule has 0 aliphatic carbocycles. The van der Waals surface area contributed by atoms with E-state index in [0.29, 0.717) is 18.2 Å². The number of nitrogens with two attached hydrogens (primary N) is 1. The lowest BCUT2D eigenvalue weighted by Crippen LogP contribution is -2.29. The second-order valence-corrected chi connectivity index (χ2v) is 6.35. The van der Waals surface area contributed by atoms with Crippen molar-refractivity contribution in [1.29, 1.82) is 0 Å². The Bertz CT molecular complexity index is 516. The molecule has 0 amide bonds. The van der Waals surface area contributed by atoms with E-state index in [2.05, 4.69) is 20.0 Å². The number of nitrogens with zero attached hydrogens (tertiary/aromatic N) is 2. The molecule has 0 atom stereocenters. The topological polar surface area (TPSA) is 110 Å². The fraction of sp³-hybridized carbons (Fsp3) is 0.636. The Morgan fingerprint density at radius 3 is 2.63 bits per heavy atom. The van der Waals surface area contributed by atoms with Gasteiger partial charge in [0.25, 0.3) is 0 Å². The largest absolute Gasteiger partial charge is 0.383 e. The van der Waals surface area contributed by atoms with Crippen LogP contribution in [0.2, 0.25) is 0 Å². The van der Waals surface area contributed by atoms with Gasteiger partial charge in [-0.05, 0) is 5.92 Å². The van der Waals surface area contributed by atoms with Crippen molar-refractivity contribution >= 4 is 21.7 Å². The predicted octanol–water partition coefficient (Wildman–Crippen LogP) is 0.533. The first-order chi connectivity index (χ1) is 8.87. The van der Waals surface area contributed by atoms with Gasteiger partial charge in [-0.3, -0.25) is 0 Å². The average molecular weight is 287 g/mol. The zero-order chi connectivity index (χ0) is 14.5. The standard InChI is InChI=1S/C11H21N5O2S/c1-4-16-19(17,18)6-5-13-11-9(8(2)3)10(12)14-7-15-11/h7-8,16H,4-6H2,1-3H3,(H3,12,13,14,15). The molecular formula is C11H21N5O2S. The molecule has 19 heavy (non-hydrogen) atoms. The fourth-order valence-corrected chi connectivity index (χ4v) is 2.67. The zero-order valence-electron chi connectivity index (χ0n) is 11.5. The van der Waals surface area contributed by atoms with Gasteiger partial charge in [0.2, 0.25) is 10.0 Å². The summed E-state index contributed by atoms with van der Waals surface area (Å²) < 4.78 is 25.4. The number of anilines is 2. The van der Waals surface area contributed by atoms with Crippen molar-refractivity contribution in [2.75, 3.05) is 29.9 Å². The molecule has 0 bridgehead atoms. The first kappa shape index (κ1) is 15.6. The summed E-state index contributed by atoms with van der Waals surface area (Å²) in [5.74, 6) is 1.16. The van der Waals surface area contributed by atoms with Gasteiger partial charge in [0, 0.05) is 18.7 Å². The Morgan fingerprint density at radius 2 is 2.05 bits per heavy atom. The van der Waals surface area contributed by atoms with Gasteiger partial charge in [-0.1, -0.05) is 20.8 Å². The Balaban J connectivity index is 2.71. The number of aromatic nitrogens is 2. The summed E-state index contributed by atoms with van der Waals surface area (Å²) in [4.78, 5) is 8.05. The summed E-state index contributed by atoms with van der Waals surface area (Å²) >= 11 is 0. The van der Waals surface area contributed by atoms with E-state index in [1.165, 1.54) is 6.33 Å². The molecule has 0 fully saturated rings. The van der Waals surface area contributed by atoms with Crippen LogP contribution in [0.3, 0.4) is 0 Å². The second-order valence-electron chi connectivity index (χ2n) is 4.42. The Hall–Kier alpha value is -1.41. The highest BCUT2D eigenvalue weighted by molar-refractivity contribution is 7.89. The van der Waals surface area contributed by atoms with E-state index in [4.69, 9.17) is 5.73 Å². The molecule has 1 rings (SSSR count). The van der Waals surface area contributed by atoms with Crippen LogP contribution in [0.25, 0.3) is 0 Å². The van der Waals surface area contributed by atoms with E-state index in [0.717, 1.165) is 5.56 Å². The lowest BCUT2D eigenvalue weighted by molar-refractivity contribution is 0.584. The van der Waals surface area contributed by atoms with Crippen LogP contribution in [-0.4, -0.2) is 37.2 Å². The Morgan fingerprint density at radius 1 is 1.37 bits per heavy atom. The number of hydrogen-bond acceptors (Lipinski definition) is 6. The highest BCUT2D eigenvalue weighted by Crippen LogP contribution is 2.25. The Kier molecular flexibility index (Phi) is 5.49. The molecular weight excluding hydrogens is 266 g/mol. The summed E-state index contributed by atoms with van der Waals surface area (Å²) in [6.07, 6.45) is 1.36. The molecule has 0 aromatic carbocycles. The molecule has 4 N–H and O–H groups in total. The number of nitrogens with one attached hydrogen (secondary N) is 2. The van der Waals surface area contributed by atoms with E-state index < -0.39 is 10.0 Å². The van der Waals surface area contributed by atoms with Crippen LogP contribution >= 0.6 is 0 Å². The molecule has 7 nitrogen and oxygen atoms in total. The normalized spacial score (nSPS) is 11.8. The third-order valence-corrected chi connectivity index (χ3v) is 3.99. The molecule has 1 aromatic rings. The van der Waals surface area contributed by atoms with Gasteiger partial charge in [-0.15, -0.1) is 0 Å². The van der Waals surface area contributed by atoms with Crippen LogP contribution in [0, 0.1) is 0 Å². The smallest absolute Gasteiger partial charge is 0.213 e. The summed E-state index contributed by atoms with van der Waals surface area (Å²) in [5, 5.41) is 3.00. The minimum absolute atomic E-state index is 0.0116. The van der Waals surface area contributed by atoms with Crippen molar-refractivity contribution in [3.8, 4) is 0 Å². The van der Waals surface area contributed by atoms with Crippen molar-refractivity contribution in [3.05, 3.63) is 11.9 Å². The third-order valence-electron chi connectivity index (χ3n) is 2.52. The summed E-state index contributed by atoms with van der Waals surface area (Å²) in [7, 11) is -3.23. The Labute approximate surface area is 114 Å². The maximum Gasteiger partial charge on any atom is 0.213 e. The van der Waals surface area contributed by atoms with E-state index in [-0.39, 0.29) is 18.2 Å². The summed E-state index contributed by atoms with van der Waals surface area (Å²) in [5.41, 5.74) is 6.61. The molecule has 108 valence electrons. The molecule has 0 spiro atoms. The van der Waals surface area contributed by atoms with Crippen molar-refractivity contribution in [2.45, 2.75) is 26.7 Å². The number of rotatable bonds is 7. The first-order valence-electron chi connectivity index (χ1n) is 6.19. The van der Waals surface area contributed by atoms with E-state index in [9.17, 15) is 8.42 Å². The maximum atomic E-state index is 11.5. The molecule has 0 aliphatic rings. The number of sulfonamides is 1. The highest BCUT2D eigenvalue weighted by atomic mass is 32.2. The molecule has 0 saturated heterocycles. The minimum atomic E-state index is -3.23. The predicted molar refractivity (Wildman–Crippen MR) is 76.5 cm³/mol. The number of hydrogen-bond donors (Lipinski definition) is 3. The second kappa shape index (κ2) is 6.67. The molecule has 0 saturated carbocycles. The monoisotopic (exact) mass is 287 g/mol. The van der Waals surface area contributed by atoms with Gasteiger partial charge in [0.05, 0.1) is 5.75 Å². The van der Waals surface area contributed by atoms with Crippen LogP contribution in [0.4, 0.5) is 11.6 Å². The zero-order valence-corrected chi connectivity index (χ0v) is 12.3. The van der Waals surface area contributed by atoms with Crippen molar-refractivity contribution in [2.24, 2.45) is 0 Å². The molecule has 1 aromatic heterocycles. The maximum absolute atomic E-state index is 11.5. The van der Waals surface area contributed by atoms with Crippen molar-refractivity contribution < 1.29 is 8.42 Å². The van der Waals surface area contributed by atoms with E-state index in [1.807, 2.05) is 13.8 Å². The van der Waals surface area contributed by atoms with Gasteiger partial charge in [0.1, 0.15) is 18.0 Å². The van der Waals surface area contributed by atoms with Gasteiger partial charge in [0.15, 0.2) is 0 Å². The van der Waals surface area contributed by atoms with Crippen LogP contribution in [0.5, 0.6) is 0 Å². The number of nitrogen functional groups attached to an aromatic ring is 1. The molecule has 0 aliphatic heterocycles. The lowest BCUT2D eigenvalue weighted by Gasteiger charge is -2.14. The summed E-state index contributed by atoms with van der Waals surface area (Å²) in [6.45, 7) is 6.36. The van der Waals surface area contributed by atoms with Gasteiger partial charge >= 0.3 is 0 Å². The van der Waals surface area contributed by atoms with Crippen molar-refractivity contribution in [3.63, 3.8) is 0 Å². The van der Waals surface area contributed by atoms with Crippen LogP contribution in [0.15, 0.2) is 6.33 Å². The van der Waals surface area contributed by atoms with E-state index in [1.54, 1.807) is 6.92 Å². The molecule has 0 radical (unpaired) electrons. The van der Waals surface area contributed by atoms with Crippen LogP contribution in [-0.2, 0) is 10.0 Å². The SMILES string of the molecule is CCNS(=O)(=O)CCNc1ncnc(N)c1C(C)C. The molecule has 8 heteroatoms. The first-order valence-corrected chi connectivity index (χ1v) is 7.84. The third kappa shape index (κ3) is 4.64. The quantitative estimate of drug-likeness (QED) is 0.675. The van der Waals surface area contributed by atoms with Crippen LogP contribution in [0.1, 0.15) is 32.3 Å². The van der Waals surface area contributed by atoms with Crippen LogP contribution < -0.4 is 15.8 Å². The lowest BCUT2D eigenvalue weighted by atomic mass is 10.1. The van der Waals surface area contributed by atoms with Gasteiger partial charge in [-0.2, -0.15) is 0 Å². The van der Waals surface area contributed by atoms with Gasteiger partial charge in [-0.25, -0.2) is 23.1 Å². The fourth-order valence-electron chi connectivity index (χ4n) is 1.72. The molecule has 1 heterocycles. The average Bonchev–Trinajstić information content (AvgIpc) is 2.28. The highest BCUT2D eigenvalue weighted by Gasteiger charge is 2.14. The van der Waals surface area contributed by atoms with E-state index >= 15 is 0 Å².